The number of carboxylic acids is 1. The highest BCUT2D eigenvalue weighted by Crippen LogP contribution is 2.19. The van der Waals surface area contributed by atoms with Gasteiger partial charge >= 0.3 is 5.97 Å². The van der Waals surface area contributed by atoms with Gasteiger partial charge in [0, 0.05) is 13.1 Å². The smallest absolute Gasteiger partial charge is 0.326 e. The molecule has 0 aromatic carbocycles. The summed E-state index contributed by atoms with van der Waals surface area (Å²) in [5, 5.41) is 42.0. The number of aliphatic carboxylic acids is 1. The number of carboxylic acid groups (broad SMARTS) is 1. The van der Waals surface area contributed by atoms with Crippen molar-refractivity contribution in [3.8, 4) is 0 Å². The molecule has 14 N–H and O–H groups in total. The van der Waals surface area contributed by atoms with Crippen molar-refractivity contribution in [3.63, 3.8) is 0 Å². The molecule has 0 bridgehead atoms. The van der Waals surface area contributed by atoms with Gasteiger partial charge in [0.15, 0.2) is 5.96 Å². The van der Waals surface area contributed by atoms with E-state index in [0.29, 0.717) is 12.8 Å². The lowest BCUT2D eigenvalue weighted by Gasteiger charge is -2.29. The molecule has 296 valence electrons. The molecule has 0 radical (unpaired) electrons. The molecule has 0 spiro atoms. The van der Waals surface area contributed by atoms with Crippen molar-refractivity contribution in [3.05, 3.63) is 0 Å². The molecule has 0 aromatic rings. The van der Waals surface area contributed by atoms with E-state index >= 15 is 0 Å². The SMILES string of the molecule is CC(C)C[C@H](NC(=O)[C@@H](NC(=O)CNC(=O)[C@@H]1CCCN1C(=O)[C@@H](N)[C@@H](C)O)[C@@H](C)O)C(=O)N[C@H](C(=O)N[C@@H](CCCN=C(N)N)C(=O)O)C(C)C. The van der Waals surface area contributed by atoms with Gasteiger partial charge in [-0.05, 0) is 57.8 Å². The van der Waals surface area contributed by atoms with Gasteiger partial charge in [-0.15, -0.1) is 0 Å². The maximum Gasteiger partial charge on any atom is 0.326 e. The van der Waals surface area contributed by atoms with Crippen molar-refractivity contribution in [2.75, 3.05) is 19.6 Å². The number of likely N-dealkylation sites (tertiary alicyclic amines) is 1. The van der Waals surface area contributed by atoms with Crippen LogP contribution >= 0.6 is 0 Å². The summed E-state index contributed by atoms with van der Waals surface area (Å²) in [6, 6.07) is -7.41. The van der Waals surface area contributed by atoms with E-state index in [1.807, 2.05) is 0 Å². The number of nitrogens with zero attached hydrogens (tertiary/aromatic N) is 2. The molecule has 20 heteroatoms. The molecule has 8 atom stereocenters. The molecule has 0 unspecified atom stereocenters. The van der Waals surface area contributed by atoms with Gasteiger partial charge in [-0.25, -0.2) is 4.79 Å². The van der Waals surface area contributed by atoms with Crippen LogP contribution in [0.4, 0.5) is 0 Å². The first-order chi connectivity index (χ1) is 24.2. The lowest BCUT2D eigenvalue weighted by Crippen LogP contribution is -2.61. The predicted molar refractivity (Wildman–Crippen MR) is 189 cm³/mol. The zero-order chi connectivity index (χ0) is 39.9. The van der Waals surface area contributed by atoms with Crippen LogP contribution in [0.3, 0.4) is 0 Å². The lowest BCUT2D eigenvalue weighted by molar-refractivity contribution is -0.143. The fourth-order valence-electron chi connectivity index (χ4n) is 5.39. The van der Waals surface area contributed by atoms with Crippen LogP contribution in [-0.4, -0.2) is 136 Å². The van der Waals surface area contributed by atoms with Crippen LogP contribution in [-0.2, 0) is 33.6 Å². The highest BCUT2D eigenvalue weighted by Gasteiger charge is 2.38. The topological polar surface area (TPSA) is 334 Å². The quantitative estimate of drug-likeness (QED) is 0.0304. The number of amides is 6. The number of carbonyl (C=O) groups excluding carboxylic acids is 6. The maximum absolute atomic E-state index is 13.5. The Morgan fingerprint density at radius 3 is 1.94 bits per heavy atom. The zero-order valence-electron chi connectivity index (χ0n) is 30.8. The summed E-state index contributed by atoms with van der Waals surface area (Å²) < 4.78 is 0. The van der Waals surface area contributed by atoms with Gasteiger partial charge in [-0.3, -0.25) is 33.8 Å². The molecule has 1 fully saturated rings. The molecule has 52 heavy (non-hydrogen) atoms. The first kappa shape index (κ1) is 45.5. The zero-order valence-corrected chi connectivity index (χ0v) is 30.8. The minimum Gasteiger partial charge on any atom is -0.480 e. The number of nitrogens with two attached hydrogens (primary N) is 3. The molecule has 0 aromatic heterocycles. The normalized spacial score (nSPS) is 18.2. The van der Waals surface area contributed by atoms with Gasteiger partial charge in [-0.2, -0.15) is 0 Å². The summed E-state index contributed by atoms with van der Waals surface area (Å²) >= 11 is 0. The summed E-state index contributed by atoms with van der Waals surface area (Å²) in [6.45, 7) is 9.22. The molecule has 20 nitrogen and oxygen atoms in total. The third kappa shape index (κ3) is 15.0. The van der Waals surface area contributed by atoms with Crippen molar-refractivity contribution in [2.45, 2.75) is 122 Å². The van der Waals surface area contributed by atoms with Crippen molar-refractivity contribution >= 4 is 47.4 Å². The largest absolute Gasteiger partial charge is 0.480 e. The number of nitrogens with one attached hydrogen (secondary N) is 5. The number of guanidine groups is 1. The van der Waals surface area contributed by atoms with Crippen molar-refractivity contribution < 1.29 is 48.9 Å². The fourth-order valence-corrected chi connectivity index (χ4v) is 5.39. The molecule has 0 saturated carbocycles. The standard InChI is InChI=1S/C32H58N10O10/c1-15(2)13-20(26(46)41-24(16(3)4)28(48)38-19(31(51)52)9-7-11-36-32(34)35)39-29(49)25(18(6)44)40-22(45)14-37-27(47)21-10-8-12-42(21)30(50)23(33)17(5)43/h15-21,23-25,43-44H,7-14,33H2,1-6H3,(H,37,47)(H,38,48)(H,39,49)(H,40,45)(H,41,46)(H,51,52)(H4,34,35,36)/t17-,18-,19+,20+,21+,23+,24+,25+/m1/s1. The second-order valence-corrected chi connectivity index (χ2v) is 13.7. The summed E-state index contributed by atoms with van der Waals surface area (Å²) in [4.78, 5) is 95.1. The van der Waals surface area contributed by atoms with E-state index in [4.69, 9.17) is 17.2 Å². The molecule has 1 saturated heterocycles. The van der Waals surface area contributed by atoms with Crippen LogP contribution in [0.5, 0.6) is 0 Å². The Kier molecular flexibility index (Phi) is 19.0. The minimum atomic E-state index is -1.56. The van der Waals surface area contributed by atoms with E-state index in [2.05, 4.69) is 31.6 Å². The third-order valence-corrected chi connectivity index (χ3v) is 8.29. The Hall–Kier alpha value is -4.56. The van der Waals surface area contributed by atoms with Gasteiger partial charge in [0.1, 0.15) is 36.3 Å². The number of hydrogen-bond donors (Lipinski definition) is 11. The third-order valence-electron chi connectivity index (χ3n) is 8.29. The second kappa shape index (κ2) is 21.7. The Balaban J connectivity index is 2.96. The summed E-state index contributed by atoms with van der Waals surface area (Å²) in [6.07, 6.45) is -1.40. The summed E-state index contributed by atoms with van der Waals surface area (Å²) in [5.74, 6) is -6.64. The van der Waals surface area contributed by atoms with Crippen LogP contribution in [0.25, 0.3) is 0 Å². The molecule has 1 heterocycles. The molecule has 6 amide bonds. The Morgan fingerprint density at radius 1 is 0.827 bits per heavy atom. The van der Waals surface area contributed by atoms with Gasteiger partial charge in [-0.1, -0.05) is 27.7 Å². The number of hydrogen-bond acceptors (Lipinski definition) is 11. The molecule has 0 aliphatic carbocycles. The van der Waals surface area contributed by atoms with Crippen molar-refractivity contribution in [1.82, 2.24) is 31.5 Å². The van der Waals surface area contributed by atoms with Gasteiger partial charge in [0.25, 0.3) is 0 Å². The van der Waals surface area contributed by atoms with E-state index in [1.165, 1.54) is 18.7 Å². The molecular formula is C32H58N10O10. The Bertz CT molecular complexity index is 1290. The van der Waals surface area contributed by atoms with Crippen LogP contribution in [0.15, 0.2) is 4.99 Å². The van der Waals surface area contributed by atoms with E-state index in [0.717, 1.165) is 0 Å². The van der Waals surface area contributed by atoms with Crippen LogP contribution < -0.4 is 43.8 Å². The number of aliphatic hydroxyl groups excluding tert-OH is 2. The first-order valence-electron chi connectivity index (χ1n) is 17.4. The van der Waals surface area contributed by atoms with Crippen molar-refractivity contribution in [1.29, 1.82) is 0 Å². The summed E-state index contributed by atoms with van der Waals surface area (Å²) in [7, 11) is 0. The number of carbonyl (C=O) groups is 7. The average Bonchev–Trinajstić information content (AvgIpc) is 3.54. The fraction of sp³-hybridized carbons (Fsp3) is 0.750. The van der Waals surface area contributed by atoms with Gasteiger partial charge in [0.2, 0.25) is 35.4 Å². The summed E-state index contributed by atoms with van der Waals surface area (Å²) in [5.41, 5.74) is 16.3. The van der Waals surface area contributed by atoms with E-state index < -0.39 is 102 Å². The van der Waals surface area contributed by atoms with Gasteiger partial charge < -0.3 is 64.0 Å². The Morgan fingerprint density at radius 2 is 1.42 bits per heavy atom. The second-order valence-electron chi connectivity index (χ2n) is 13.7. The molecule has 1 aliphatic heterocycles. The van der Waals surface area contributed by atoms with Gasteiger partial charge in [0.05, 0.1) is 18.8 Å². The predicted octanol–water partition coefficient (Wildman–Crippen LogP) is -4.04. The minimum absolute atomic E-state index is 0.0101. The lowest BCUT2D eigenvalue weighted by atomic mass is 9.99. The molecule has 1 aliphatic rings. The average molecular weight is 743 g/mol. The van der Waals surface area contributed by atoms with Crippen LogP contribution in [0.1, 0.15) is 73.6 Å². The monoisotopic (exact) mass is 742 g/mol. The highest BCUT2D eigenvalue weighted by atomic mass is 16.4. The van der Waals surface area contributed by atoms with Crippen LogP contribution in [0.2, 0.25) is 0 Å². The Labute approximate surface area is 303 Å². The van der Waals surface area contributed by atoms with Crippen LogP contribution in [0, 0.1) is 11.8 Å². The number of aliphatic imine (C=N–C) groups is 1. The van der Waals surface area contributed by atoms with Crippen molar-refractivity contribution in [2.24, 2.45) is 34.0 Å². The van der Waals surface area contributed by atoms with E-state index in [-0.39, 0.29) is 44.2 Å². The number of aliphatic hydroxyl groups is 2. The van der Waals surface area contributed by atoms with E-state index in [1.54, 1.807) is 27.7 Å². The first-order valence-corrected chi connectivity index (χ1v) is 17.4. The number of rotatable bonds is 21. The molecular weight excluding hydrogens is 684 g/mol. The maximum atomic E-state index is 13.5. The highest BCUT2D eigenvalue weighted by molar-refractivity contribution is 5.96. The molecule has 1 rings (SSSR count). The van der Waals surface area contributed by atoms with E-state index in [9.17, 15) is 48.9 Å².